The number of esters is 1. The van der Waals surface area contributed by atoms with Gasteiger partial charge in [0.15, 0.2) is 6.10 Å². The molecule has 52 heavy (non-hydrogen) atoms. The van der Waals surface area contributed by atoms with Crippen LogP contribution in [0, 0.1) is 19.8 Å². The van der Waals surface area contributed by atoms with E-state index >= 15 is 0 Å². The standard InChI is InChI=1S/C40H55N5O7/c1-4-51-36(46)26-29-9-11-32(12-10-29)42-19-21-43(22-20-42)38(48)35(25-30-23-27(2)37(47)28(3)24-30)52-40(50)44-16-14-33(15-17-44)45-18-13-31-7-5-6-8-34(31)41-39(45)49/h5-8,23-24,29,32-33,35,47H,4,9-22,25-26H2,1-3H3,(H,41,49)/t29-,32+,35-/m1/s1. The number of piperidine rings is 1. The first-order valence-corrected chi connectivity index (χ1v) is 19.2. The largest absolute Gasteiger partial charge is 0.507 e. The van der Waals surface area contributed by atoms with Crippen LogP contribution in [0.25, 0.3) is 0 Å². The molecule has 1 aliphatic carbocycles. The minimum Gasteiger partial charge on any atom is -0.507 e. The first-order chi connectivity index (χ1) is 25.1. The fourth-order valence-corrected chi connectivity index (χ4v) is 8.53. The molecule has 3 fully saturated rings. The molecule has 282 valence electrons. The first-order valence-electron chi connectivity index (χ1n) is 19.2. The molecule has 2 saturated heterocycles. The highest BCUT2D eigenvalue weighted by molar-refractivity contribution is 5.91. The highest BCUT2D eigenvalue weighted by Gasteiger charge is 2.37. The van der Waals surface area contributed by atoms with Crippen molar-refractivity contribution in [1.29, 1.82) is 0 Å². The third-order valence-corrected chi connectivity index (χ3v) is 11.5. The van der Waals surface area contributed by atoms with Gasteiger partial charge in [0.25, 0.3) is 5.91 Å². The number of anilines is 1. The van der Waals surface area contributed by atoms with Crippen molar-refractivity contribution in [3.8, 4) is 5.75 Å². The Bertz CT molecular complexity index is 1570. The van der Waals surface area contributed by atoms with Gasteiger partial charge >= 0.3 is 18.1 Å². The predicted molar refractivity (Wildman–Crippen MR) is 197 cm³/mol. The lowest BCUT2D eigenvalue weighted by Crippen LogP contribution is -2.55. The number of benzene rings is 2. The van der Waals surface area contributed by atoms with Gasteiger partial charge in [0.05, 0.1) is 6.61 Å². The molecule has 3 aliphatic heterocycles. The van der Waals surface area contributed by atoms with Crippen molar-refractivity contribution in [1.82, 2.24) is 19.6 Å². The summed E-state index contributed by atoms with van der Waals surface area (Å²) in [4.78, 5) is 60.7. The van der Waals surface area contributed by atoms with Crippen LogP contribution in [0.5, 0.6) is 5.75 Å². The van der Waals surface area contributed by atoms with Gasteiger partial charge in [-0.2, -0.15) is 0 Å². The van der Waals surface area contributed by atoms with E-state index in [1.54, 1.807) is 4.90 Å². The number of hydrogen-bond acceptors (Lipinski definition) is 8. The molecule has 4 amide bonds. The lowest BCUT2D eigenvalue weighted by molar-refractivity contribution is -0.144. The molecular weight excluding hydrogens is 662 g/mol. The number of fused-ring (bicyclic) bond motifs is 1. The number of phenolic OH excluding ortho intramolecular Hbond substituents is 1. The number of aromatic hydroxyl groups is 1. The van der Waals surface area contributed by atoms with E-state index < -0.39 is 12.2 Å². The van der Waals surface area contributed by atoms with Gasteiger partial charge in [-0.25, -0.2) is 9.59 Å². The zero-order chi connectivity index (χ0) is 36.8. The summed E-state index contributed by atoms with van der Waals surface area (Å²) in [5, 5.41) is 13.4. The van der Waals surface area contributed by atoms with E-state index in [1.807, 2.05) is 67.0 Å². The second kappa shape index (κ2) is 17.0. The molecule has 0 spiro atoms. The van der Waals surface area contributed by atoms with Gasteiger partial charge in [0, 0.05) is 76.4 Å². The third-order valence-electron chi connectivity index (χ3n) is 11.5. The van der Waals surface area contributed by atoms with Gasteiger partial charge in [-0.05, 0) is 100.0 Å². The van der Waals surface area contributed by atoms with Crippen LogP contribution in [0.2, 0.25) is 0 Å². The number of phenols is 1. The van der Waals surface area contributed by atoms with Gasteiger partial charge in [0.2, 0.25) is 0 Å². The lowest BCUT2D eigenvalue weighted by atomic mass is 9.83. The topological polar surface area (TPSA) is 132 Å². The maximum Gasteiger partial charge on any atom is 0.410 e. The second-order valence-electron chi connectivity index (χ2n) is 14.9. The summed E-state index contributed by atoms with van der Waals surface area (Å²) in [6, 6.07) is 11.9. The summed E-state index contributed by atoms with van der Waals surface area (Å²) in [7, 11) is 0. The van der Waals surface area contributed by atoms with E-state index in [-0.39, 0.29) is 36.1 Å². The number of nitrogens with one attached hydrogen (secondary N) is 1. The predicted octanol–water partition coefficient (Wildman–Crippen LogP) is 5.27. The molecule has 2 aromatic carbocycles. The molecule has 2 aromatic rings. The Balaban J connectivity index is 1.05. The molecule has 1 atom stereocenters. The van der Waals surface area contributed by atoms with Crippen LogP contribution >= 0.6 is 0 Å². The highest BCUT2D eigenvalue weighted by atomic mass is 16.6. The minimum atomic E-state index is -1.01. The van der Waals surface area contributed by atoms with Crippen LogP contribution in [-0.2, 0) is 31.9 Å². The first kappa shape index (κ1) is 37.4. The van der Waals surface area contributed by atoms with Gasteiger partial charge in [-0.1, -0.05) is 30.3 Å². The van der Waals surface area contributed by atoms with Crippen molar-refractivity contribution in [3.63, 3.8) is 0 Å². The quantitative estimate of drug-likeness (QED) is 0.336. The monoisotopic (exact) mass is 717 g/mol. The maximum absolute atomic E-state index is 14.1. The molecule has 1 saturated carbocycles. The molecular formula is C40H55N5O7. The number of piperazine rings is 1. The van der Waals surface area contributed by atoms with E-state index in [2.05, 4.69) is 10.2 Å². The fraction of sp³-hybridized carbons (Fsp3) is 0.600. The van der Waals surface area contributed by atoms with Crippen LogP contribution in [0.1, 0.15) is 74.1 Å². The summed E-state index contributed by atoms with van der Waals surface area (Å²) in [6.07, 6.45) is 5.27. The Labute approximate surface area is 307 Å². The Hall–Kier alpha value is -4.32. The van der Waals surface area contributed by atoms with Crippen LogP contribution in [0.3, 0.4) is 0 Å². The number of ether oxygens (including phenoxy) is 2. The molecule has 12 heteroatoms. The molecule has 12 nitrogen and oxygen atoms in total. The second-order valence-corrected chi connectivity index (χ2v) is 14.9. The number of hydrogen-bond donors (Lipinski definition) is 2. The molecule has 0 aromatic heterocycles. The molecule has 3 heterocycles. The normalized spacial score (nSPS) is 22.2. The average Bonchev–Trinajstić information content (AvgIpc) is 3.31. The highest BCUT2D eigenvalue weighted by Crippen LogP contribution is 2.31. The maximum atomic E-state index is 14.1. The number of carbonyl (C=O) groups excluding carboxylic acids is 4. The van der Waals surface area contributed by atoms with Gasteiger partial charge in [-0.15, -0.1) is 0 Å². The zero-order valence-corrected chi connectivity index (χ0v) is 31.0. The number of nitrogens with zero attached hydrogens (tertiary/aromatic N) is 4. The summed E-state index contributed by atoms with van der Waals surface area (Å²) in [6.45, 7) is 9.98. The molecule has 0 bridgehead atoms. The summed E-state index contributed by atoms with van der Waals surface area (Å²) in [5.41, 5.74) is 4.21. The number of likely N-dealkylation sites (tertiary alicyclic amines) is 1. The SMILES string of the molecule is CCOC(=O)C[C@H]1CC[C@@H](N2CCN(C(=O)[C@@H](Cc3cc(C)c(O)c(C)c3)OC(=O)N3CCC(N4CCc5ccccc5NC4=O)CC3)CC2)CC1. The van der Waals surface area contributed by atoms with Crippen molar-refractivity contribution in [2.75, 3.05) is 57.7 Å². The van der Waals surface area contributed by atoms with Gasteiger partial charge < -0.3 is 34.6 Å². The van der Waals surface area contributed by atoms with Crippen LogP contribution in [0.15, 0.2) is 36.4 Å². The number of aryl methyl sites for hydroxylation is 2. The Morgan fingerprint density at radius 3 is 2.21 bits per heavy atom. The zero-order valence-electron chi connectivity index (χ0n) is 31.0. The van der Waals surface area contributed by atoms with Crippen molar-refractivity contribution >= 4 is 29.7 Å². The van der Waals surface area contributed by atoms with Crippen molar-refractivity contribution in [3.05, 3.63) is 58.7 Å². The van der Waals surface area contributed by atoms with Crippen LogP contribution < -0.4 is 5.32 Å². The Morgan fingerprint density at radius 2 is 1.54 bits per heavy atom. The van der Waals surface area contributed by atoms with Crippen molar-refractivity contribution in [2.24, 2.45) is 5.92 Å². The van der Waals surface area contributed by atoms with E-state index in [0.29, 0.717) is 81.7 Å². The van der Waals surface area contributed by atoms with Crippen LogP contribution in [0.4, 0.5) is 15.3 Å². The third kappa shape index (κ3) is 9.00. The fourth-order valence-electron chi connectivity index (χ4n) is 8.53. The smallest absolute Gasteiger partial charge is 0.410 e. The Kier molecular flexibility index (Phi) is 12.2. The minimum absolute atomic E-state index is 0.00245. The number of carbonyl (C=O) groups is 4. The van der Waals surface area contributed by atoms with E-state index in [9.17, 15) is 24.3 Å². The van der Waals surface area contributed by atoms with Crippen molar-refractivity contribution < 1.29 is 33.8 Å². The number of rotatable bonds is 9. The number of urea groups is 1. The average molecular weight is 718 g/mol. The van der Waals surface area contributed by atoms with E-state index in [1.165, 1.54) is 0 Å². The van der Waals surface area contributed by atoms with E-state index in [4.69, 9.17) is 9.47 Å². The molecule has 4 aliphatic rings. The van der Waals surface area contributed by atoms with E-state index in [0.717, 1.165) is 62.0 Å². The van der Waals surface area contributed by atoms with Gasteiger partial charge in [0.1, 0.15) is 5.75 Å². The summed E-state index contributed by atoms with van der Waals surface area (Å²) in [5.74, 6) is 0.284. The molecule has 2 N–H and O–H groups in total. The van der Waals surface area contributed by atoms with Crippen LogP contribution in [-0.4, -0.2) is 119 Å². The summed E-state index contributed by atoms with van der Waals surface area (Å²) < 4.78 is 11.2. The van der Waals surface area contributed by atoms with Crippen molar-refractivity contribution in [2.45, 2.75) is 96.7 Å². The molecule has 0 radical (unpaired) electrons. The summed E-state index contributed by atoms with van der Waals surface area (Å²) >= 11 is 0. The van der Waals surface area contributed by atoms with Gasteiger partial charge in [-0.3, -0.25) is 14.5 Å². The lowest BCUT2D eigenvalue weighted by Gasteiger charge is -2.42. The number of para-hydroxylation sites is 1. The molecule has 6 rings (SSSR count). The molecule has 0 unspecified atom stereocenters. The number of amides is 4. The Morgan fingerprint density at radius 1 is 0.865 bits per heavy atom.